The molecule has 3 amide bonds. The highest BCUT2D eigenvalue weighted by atomic mass is 32.1. The van der Waals surface area contributed by atoms with Crippen molar-refractivity contribution in [1.29, 1.82) is 0 Å². The van der Waals surface area contributed by atoms with E-state index < -0.39 is 24.5 Å². The zero-order valence-corrected chi connectivity index (χ0v) is 15.8. The molecule has 1 aliphatic carbocycles. The highest BCUT2D eigenvalue weighted by Crippen LogP contribution is 2.33. The van der Waals surface area contributed by atoms with Crippen LogP contribution in [0.3, 0.4) is 0 Å². The summed E-state index contributed by atoms with van der Waals surface area (Å²) < 4.78 is 5.03. The van der Waals surface area contributed by atoms with Crippen LogP contribution in [0.5, 0.6) is 0 Å². The number of carbonyl (C=O) groups is 3. The standard InChI is InChI=1S/C18H26N2O4S/c1-4-11(3)19-18(23)20-16(21)10-24-17(22)15-9-13-8-12(5-2)6-7-14(13)25-15/h9,11-12H,4-8,10H2,1-3H3,(H2,19,20,21,23)/t11-,12+/m1/s1. The molecule has 2 rings (SSSR count). The minimum atomic E-state index is -0.637. The van der Waals surface area contributed by atoms with Gasteiger partial charge in [0.1, 0.15) is 4.88 Å². The number of hydrogen-bond donors (Lipinski definition) is 2. The van der Waals surface area contributed by atoms with Gasteiger partial charge in [0.05, 0.1) is 0 Å². The van der Waals surface area contributed by atoms with Gasteiger partial charge in [-0.15, -0.1) is 11.3 Å². The molecule has 138 valence electrons. The first-order valence-corrected chi connectivity index (χ1v) is 9.63. The van der Waals surface area contributed by atoms with Crippen LogP contribution in [0.25, 0.3) is 0 Å². The number of amides is 3. The molecular weight excluding hydrogens is 340 g/mol. The van der Waals surface area contributed by atoms with Gasteiger partial charge in [-0.3, -0.25) is 10.1 Å². The van der Waals surface area contributed by atoms with Crippen molar-refractivity contribution in [2.75, 3.05) is 6.61 Å². The molecule has 0 unspecified atom stereocenters. The Kier molecular flexibility index (Phi) is 6.99. The van der Waals surface area contributed by atoms with Crippen LogP contribution in [0.2, 0.25) is 0 Å². The SMILES string of the molecule is CC[C@H]1CCc2sc(C(=O)OCC(=O)NC(=O)N[C@H](C)CC)cc2C1. The first kappa shape index (κ1) is 19.4. The quantitative estimate of drug-likeness (QED) is 0.758. The predicted molar refractivity (Wildman–Crippen MR) is 96.8 cm³/mol. The predicted octanol–water partition coefficient (Wildman–Crippen LogP) is 3.04. The molecule has 0 fully saturated rings. The van der Waals surface area contributed by atoms with Crippen LogP contribution in [0.15, 0.2) is 6.07 Å². The first-order valence-electron chi connectivity index (χ1n) is 8.81. The topological polar surface area (TPSA) is 84.5 Å². The third kappa shape index (κ3) is 5.56. The summed E-state index contributed by atoms with van der Waals surface area (Å²) in [6.45, 7) is 5.49. The maximum Gasteiger partial charge on any atom is 0.348 e. The second-order valence-electron chi connectivity index (χ2n) is 6.48. The fourth-order valence-electron chi connectivity index (χ4n) is 2.78. The molecule has 7 heteroatoms. The van der Waals surface area contributed by atoms with Gasteiger partial charge >= 0.3 is 12.0 Å². The number of nitrogens with one attached hydrogen (secondary N) is 2. The minimum Gasteiger partial charge on any atom is -0.451 e. The third-order valence-corrected chi connectivity index (χ3v) is 5.76. The van der Waals surface area contributed by atoms with Crippen molar-refractivity contribution in [3.05, 3.63) is 21.4 Å². The van der Waals surface area contributed by atoms with Gasteiger partial charge in [-0.25, -0.2) is 9.59 Å². The van der Waals surface area contributed by atoms with E-state index in [1.165, 1.54) is 21.8 Å². The van der Waals surface area contributed by atoms with Crippen LogP contribution < -0.4 is 10.6 Å². The van der Waals surface area contributed by atoms with E-state index in [1.54, 1.807) is 0 Å². The minimum absolute atomic E-state index is 0.0280. The molecule has 25 heavy (non-hydrogen) atoms. The van der Waals surface area contributed by atoms with E-state index in [2.05, 4.69) is 17.6 Å². The van der Waals surface area contributed by atoms with Gasteiger partial charge in [0.15, 0.2) is 6.61 Å². The van der Waals surface area contributed by atoms with Crippen molar-refractivity contribution >= 4 is 29.2 Å². The van der Waals surface area contributed by atoms with Gasteiger partial charge in [-0.05, 0) is 50.2 Å². The van der Waals surface area contributed by atoms with Crippen LogP contribution in [0, 0.1) is 5.92 Å². The molecule has 1 aromatic rings. The molecule has 0 saturated heterocycles. The average molecular weight is 366 g/mol. The Morgan fingerprint density at radius 3 is 2.80 bits per heavy atom. The molecule has 0 saturated carbocycles. The highest BCUT2D eigenvalue weighted by Gasteiger charge is 2.23. The summed E-state index contributed by atoms with van der Waals surface area (Å²) in [6, 6.07) is 1.28. The summed E-state index contributed by atoms with van der Waals surface area (Å²) in [4.78, 5) is 37.1. The summed E-state index contributed by atoms with van der Waals surface area (Å²) in [5.41, 5.74) is 1.23. The number of rotatable bonds is 6. The molecule has 1 aromatic heterocycles. The van der Waals surface area contributed by atoms with E-state index in [-0.39, 0.29) is 6.04 Å². The van der Waals surface area contributed by atoms with Crippen molar-refractivity contribution in [3.8, 4) is 0 Å². The fourth-order valence-corrected chi connectivity index (χ4v) is 3.88. The summed E-state index contributed by atoms with van der Waals surface area (Å²) >= 11 is 1.45. The number of fused-ring (bicyclic) bond motifs is 1. The lowest BCUT2D eigenvalue weighted by molar-refractivity contribution is -0.123. The molecule has 1 heterocycles. The molecular formula is C18H26N2O4S. The van der Waals surface area contributed by atoms with Crippen LogP contribution in [0.1, 0.15) is 60.1 Å². The molecule has 0 aliphatic heterocycles. The van der Waals surface area contributed by atoms with Gasteiger partial charge in [0.25, 0.3) is 5.91 Å². The van der Waals surface area contributed by atoms with Crippen molar-refractivity contribution in [2.45, 2.75) is 58.9 Å². The molecule has 2 N–H and O–H groups in total. The van der Waals surface area contributed by atoms with Gasteiger partial charge in [-0.1, -0.05) is 20.3 Å². The third-order valence-electron chi connectivity index (χ3n) is 4.54. The summed E-state index contributed by atoms with van der Waals surface area (Å²) in [5.74, 6) is -0.466. The lowest BCUT2D eigenvalue weighted by Gasteiger charge is -2.19. The lowest BCUT2D eigenvalue weighted by Crippen LogP contribution is -2.44. The van der Waals surface area contributed by atoms with E-state index in [9.17, 15) is 14.4 Å². The van der Waals surface area contributed by atoms with Crippen LogP contribution in [-0.4, -0.2) is 30.6 Å². The molecule has 6 nitrogen and oxygen atoms in total. The summed E-state index contributed by atoms with van der Waals surface area (Å²) in [5, 5.41) is 4.76. The number of esters is 1. The molecule has 2 atom stereocenters. The van der Waals surface area contributed by atoms with E-state index in [1.807, 2.05) is 19.9 Å². The van der Waals surface area contributed by atoms with Crippen molar-refractivity contribution < 1.29 is 19.1 Å². The number of ether oxygens (including phenoxy) is 1. The summed E-state index contributed by atoms with van der Waals surface area (Å²) in [7, 11) is 0. The Hall–Kier alpha value is -1.89. The second kappa shape index (κ2) is 8.99. The number of imide groups is 1. The van der Waals surface area contributed by atoms with E-state index >= 15 is 0 Å². The Labute approximate surface area is 152 Å². The van der Waals surface area contributed by atoms with Gasteiger partial charge in [0.2, 0.25) is 0 Å². The Balaban J connectivity index is 1.82. The molecule has 0 radical (unpaired) electrons. The molecule has 0 spiro atoms. The fraction of sp³-hybridized carbons (Fsp3) is 0.611. The number of aryl methyl sites for hydroxylation is 1. The largest absolute Gasteiger partial charge is 0.451 e. The Morgan fingerprint density at radius 2 is 2.12 bits per heavy atom. The average Bonchev–Trinajstić information content (AvgIpc) is 3.02. The van der Waals surface area contributed by atoms with Crippen molar-refractivity contribution in [2.24, 2.45) is 5.92 Å². The maximum absolute atomic E-state index is 12.1. The number of urea groups is 1. The highest BCUT2D eigenvalue weighted by molar-refractivity contribution is 7.14. The lowest BCUT2D eigenvalue weighted by atomic mass is 9.87. The molecule has 0 aromatic carbocycles. The van der Waals surface area contributed by atoms with Crippen LogP contribution in [0.4, 0.5) is 4.79 Å². The monoisotopic (exact) mass is 366 g/mol. The van der Waals surface area contributed by atoms with Gasteiger partial charge in [-0.2, -0.15) is 0 Å². The van der Waals surface area contributed by atoms with E-state index in [4.69, 9.17) is 4.74 Å². The molecule has 1 aliphatic rings. The van der Waals surface area contributed by atoms with Gasteiger partial charge in [0, 0.05) is 10.9 Å². The normalized spacial score (nSPS) is 17.3. The molecule has 0 bridgehead atoms. The zero-order valence-electron chi connectivity index (χ0n) is 15.0. The number of hydrogen-bond acceptors (Lipinski definition) is 5. The number of carbonyl (C=O) groups excluding carboxylic acids is 3. The van der Waals surface area contributed by atoms with E-state index in [0.29, 0.717) is 10.8 Å². The first-order chi connectivity index (χ1) is 11.9. The van der Waals surface area contributed by atoms with Crippen LogP contribution >= 0.6 is 11.3 Å². The smallest absolute Gasteiger partial charge is 0.348 e. The Bertz CT molecular complexity index is 641. The van der Waals surface area contributed by atoms with E-state index in [0.717, 1.165) is 32.1 Å². The zero-order chi connectivity index (χ0) is 18.4. The maximum atomic E-state index is 12.1. The van der Waals surface area contributed by atoms with Crippen molar-refractivity contribution in [1.82, 2.24) is 10.6 Å². The summed E-state index contributed by atoms with van der Waals surface area (Å²) in [6.07, 6.45) is 5.08. The number of thiophene rings is 1. The van der Waals surface area contributed by atoms with Crippen molar-refractivity contribution in [3.63, 3.8) is 0 Å². The van der Waals surface area contributed by atoms with Crippen LogP contribution in [-0.2, 0) is 22.4 Å². The van der Waals surface area contributed by atoms with Gasteiger partial charge < -0.3 is 10.1 Å². The Morgan fingerprint density at radius 1 is 1.36 bits per heavy atom. The second-order valence-corrected chi connectivity index (χ2v) is 7.62.